The molecule has 0 aliphatic rings. The van der Waals surface area contributed by atoms with Crippen LogP contribution in [-0.4, -0.2) is 15.9 Å². The van der Waals surface area contributed by atoms with Crippen LogP contribution in [-0.2, 0) is 4.79 Å². The van der Waals surface area contributed by atoms with E-state index in [1.807, 2.05) is 0 Å². The summed E-state index contributed by atoms with van der Waals surface area (Å²) in [6.45, 7) is 4.95. The Kier molecular flexibility index (Phi) is 3.24. The molecule has 0 aliphatic carbocycles. The molecule has 1 rings (SSSR count). The quantitative estimate of drug-likeness (QED) is 0.353. The van der Waals surface area contributed by atoms with E-state index >= 15 is 0 Å². The molecule has 0 atom stereocenters. The molecule has 1 aromatic carbocycles. The van der Waals surface area contributed by atoms with E-state index in [2.05, 4.69) is 11.9 Å². The van der Waals surface area contributed by atoms with Crippen molar-refractivity contribution in [1.29, 1.82) is 0 Å². The van der Waals surface area contributed by atoms with Gasteiger partial charge < -0.3 is 10.4 Å². The molecule has 0 radical (unpaired) electrons. The van der Waals surface area contributed by atoms with Gasteiger partial charge in [0.1, 0.15) is 0 Å². The van der Waals surface area contributed by atoms with E-state index in [4.69, 9.17) is 0 Å². The number of rotatable bonds is 3. The van der Waals surface area contributed by atoms with Gasteiger partial charge in [-0.2, -0.15) is 0 Å². The smallest absolute Gasteiger partial charge is 0.312 e. The maximum absolute atomic E-state index is 11.2. The largest absolute Gasteiger partial charge is 0.502 e. The van der Waals surface area contributed by atoms with Crippen LogP contribution in [0, 0.1) is 10.1 Å². The summed E-state index contributed by atoms with van der Waals surface area (Å²) in [5, 5.41) is 22.1. The first kappa shape index (κ1) is 11.7. The van der Waals surface area contributed by atoms with Gasteiger partial charge in [-0.25, -0.2) is 0 Å². The van der Waals surface area contributed by atoms with E-state index < -0.39 is 22.3 Å². The lowest BCUT2D eigenvalue weighted by atomic mass is 10.2. The highest BCUT2D eigenvalue weighted by Gasteiger charge is 2.14. The lowest BCUT2D eigenvalue weighted by Gasteiger charge is -2.04. The summed E-state index contributed by atoms with van der Waals surface area (Å²) in [7, 11) is 0. The number of anilines is 1. The zero-order chi connectivity index (χ0) is 12.3. The molecule has 0 fully saturated rings. The van der Waals surface area contributed by atoms with Crippen molar-refractivity contribution in [3.8, 4) is 5.75 Å². The standard InChI is InChI=1S/C10H10N2O4/c1-6(2)10(14)11-7-3-4-9(13)8(5-7)12(15)16/h3-5,13H,1H2,2H3,(H,11,14). The molecule has 0 spiro atoms. The van der Waals surface area contributed by atoms with E-state index in [1.165, 1.54) is 13.0 Å². The van der Waals surface area contributed by atoms with Gasteiger partial charge in [-0.3, -0.25) is 14.9 Å². The van der Waals surface area contributed by atoms with Gasteiger partial charge in [0.15, 0.2) is 5.75 Å². The summed E-state index contributed by atoms with van der Waals surface area (Å²) in [6, 6.07) is 3.59. The Morgan fingerprint density at radius 2 is 2.19 bits per heavy atom. The molecule has 6 nitrogen and oxygen atoms in total. The van der Waals surface area contributed by atoms with Gasteiger partial charge in [0.25, 0.3) is 5.91 Å². The molecular weight excluding hydrogens is 212 g/mol. The molecule has 16 heavy (non-hydrogen) atoms. The second-order valence-corrected chi connectivity index (χ2v) is 3.20. The number of nitrogens with zero attached hydrogens (tertiary/aromatic N) is 1. The van der Waals surface area contributed by atoms with Crippen LogP contribution in [0.25, 0.3) is 0 Å². The van der Waals surface area contributed by atoms with Crippen LogP contribution in [0.3, 0.4) is 0 Å². The topological polar surface area (TPSA) is 92.5 Å². The minimum absolute atomic E-state index is 0.234. The lowest BCUT2D eigenvalue weighted by molar-refractivity contribution is -0.385. The van der Waals surface area contributed by atoms with Crippen molar-refractivity contribution in [2.75, 3.05) is 5.32 Å². The molecule has 1 aromatic rings. The summed E-state index contributed by atoms with van der Waals surface area (Å²) < 4.78 is 0. The van der Waals surface area contributed by atoms with Gasteiger partial charge in [-0.15, -0.1) is 0 Å². The molecule has 0 unspecified atom stereocenters. The Balaban J connectivity index is 3.00. The number of carbonyl (C=O) groups excluding carboxylic acids is 1. The predicted molar refractivity (Wildman–Crippen MR) is 58.2 cm³/mol. The van der Waals surface area contributed by atoms with Crippen LogP contribution in [0.5, 0.6) is 5.75 Å². The zero-order valence-electron chi connectivity index (χ0n) is 8.56. The van der Waals surface area contributed by atoms with Crippen molar-refractivity contribution < 1.29 is 14.8 Å². The van der Waals surface area contributed by atoms with E-state index in [-0.39, 0.29) is 11.3 Å². The fourth-order valence-corrected chi connectivity index (χ4v) is 0.985. The van der Waals surface area contributed by atoms with Gasteiger partial charge in [0.2, 0.25) is 0 Å². The highest BCUT2D eigenvalue weighted by atomic mass is 16.6. The number of phenolic OH excluding ortho intramolecular Hbond substituents is 1. The second kappa shape index (κ2) is 4.43. The van der Waals surface area contributed by atoms with Crippen molar-refractivity contribution in [2.24, 2.45) is 0 Å². The second-order valence-electron chi connectivity index (χ2n) is 3.20. The Morgan fingerprint density at radius 3 is 2.69 bits per heavy atom. The molecule has 0 saturated heterocycles. The molecular formula is C10H10N2O4. The first-order chi connectivity index (χ1) is 7.41. The van der Waals surface area contributed by atoms with Crippen LogP contribution >= 0.6 is 0 Å². The number of benzene rings is 1. The third-order valence-electron chi connectivity index (χ3n) is 1.82. The maximum Gasteiger partial charge on any atom is 0.312 e. The SMILES string of the molecule is C=C(C)C(=O)Nc1ccc(O)c([N+](=O)[O-])c1. The summed E-state index contributed by atoms with van der Waals surface area (Å²) in [4.78, 5) is 21.0. The third kappa shape index (κ3) is 2.57. The first-order valence-electron chi connectivity index (χ1n) is 4.36. The molecule has 0 saturated carbocycles. The summed E-state index contributed by atoms with van der Waals surface area (Å²) in [5.74, 6) is -0.877. The van der Waals surface area contributed by atoms with E-state index in [0.717, 1.165) is 12.1 Å². The first-order valence-corrected chi connectivity index (χ1v) is 4.36. The number of carbonyl (C=O) groups is 1. The predicted octanol–water partition coefficient (Wildman–Crippen LogP) is 1.81. The van der Waals surface area contributed by atoms with Crippen LogP contribution in [0.4, 0.5) is 11.4 Å². The molecule has 84 valence electrons. The van der Waals surface area contributed by atoms with Gasteiger partial charge in [0, 0.05) is 17.3 Å². The molecule has 0 heterocycles. The summed E-state index contributed by atoms with van der Waals surface area (Å²) in [5.41, 5.74) is 0.0627. The normalized spacial score (nSPS) is 9.56. The number of nitro groups is 1. The Bertz CT molecular complexity index is 468. The number of hydrogen-bond acceptors (Lipinski definition) is 4. The number of aromatic hydroxyl groups is 1. The van der Waals surface area contributed by atoms with Gasteiger partial charge in [-0.05, 0) is 19.1 Å². The van der Waals surface area contributed by atoms with Crippen molar-refractivity contribution in [1.82, 2.24) is 0 Å². The van der Waals surface area contributed by atoms with E-state index in [0.29, 0.717) is 0 Å². The number of hydrogen-bond donors (Lipinski definition) is 2. The van der Waals surface area contributed by atoms with Gasteiger partial charge >= 0.3 is 5.69 Å². The van der Waals surface area contributed by atoms with Crippen LogP contribution in [0.1, 0.15) is 6.92 Å². The van der Waals surface area contributed by atoms with Crippen molar-refractivity contribution in [3.05, 3.63) is 40.5 Å². The average Bonchev–Trinajstić information content (AvgIpc) is 2.20. The lowest BCUT2D eigenvalue weighted by Crippen LogP contribution is -2.11. The molecule has 1 amide bonds. The Labute approximate surface area is 91.4 Å². The summed E-state index contributed by atoms with van der Waals surface area (Å²) in [6.07, 6.45) is 0. The molecule has 2 N–H and O–H groups in total. The fraction of sp³-hybridized carbons (Fsp3) is 0.100. The number of nitro benzene ring substituents is 1. The highest BCUT2D eigenvalue weighted by molar-refractivity contribution is 6.03. The highest BCUT2D eigenvalue weighted by Crippen LogP contribution is 2.28. The van der Waals surface area contributed by atoms with E-state index in [1.54, 1.807) is 0 Å². The maximum atomic E-state index is 11.2. The van der Waals surface area contributed by atoms with Crippen LogP contribution in [0.2, 0.25) is 0 Å². The minimum Gasteiger partial charge on any atom is -0.502 e. The van der Waals surface area contributed by atoms with Crippen LogP contribution in [0.15, 0.2) is 30.4 Å². The average molecular weight is 222 g/mol. The minimum atomic E-state index is -0.730. The molecule has 6 heteroatoms. The van der Waals surface area contributed by atoms with Crippen molar-refractivity contribution in [2.45, 2.75) is 6.92 Å². The monoisotopic (exact) mass is 222 g/mol. The molecule has 0 bridgehead atoms. The zero-order valence-corrected chi connectivity index (χ0v) is 8.56. The Hall–Kier alpha value is -2.37. The van der Waals surface area contributed by atoms with Crippen LogP contribution < -0.4 is 5.32 Å². The van der Waals surface area contributed by atoms with Crippen molar-refractivity contribution >= 4 is 17.3 Å². The fourth-order valence-electron chi connectivity index (χ4n) is 0.985. The number of nitrogens with one attached hydrogen (secondary N) is 1. The van der Waals surface area contributed by atoms with Gasteiger partial charge in [-0.1, -0.05) is 6.58 Å². The third-order valence-corrected chi connectivity index (χ3v) is 1.82. The molecule has 0 aromatic heterocycles. The molecule has 0 aliphatic heterocycles. The Morgan fingerprint density at radius 1 is 1.56 bits per heavy atom. The summed E-state index contributed by atoms with van der Waals surface area (Å²) >= 11 is 0. The number of phenols is 1. The van der Waals surface area contributed by atoms with Crippen molar-refractivity contribution in [3.63, 3.8) is 0 Å². The number of amides is 1. The van der Waals surface area contributed by atoms with Gasteiger partial charge in [0.05, 0.1) is 4.92 Å². The van der Waals surface area contributed by atoms with E-state index in [9.17, 15) is 20.0 Å².